The highest BCUT2D eigenvalue weighted by Crippen LogP contribution is 2.28. The number of aliphatic imine (C=N–C) groups is 1. The van der Waals surface area contributed by atoms with Gasteiger partial charge in [-0.05, 0) is 36.8 Å². The van der Waals surface area contributed by atoms with E-state index >= 15 is 0 Å². The molecule has 1 N–H and O–H groups in total. The lowest BCUT2D eigenvalue weighted by atomic mass is 10.2. The Morgan fingerprint density at radius 1 is 1.19 bits per heavy atom. The molecule has 1 unspecified atom stereocenters. The second kappa shape index (κ2) is 6.41. The zero-order valence-electron chi connectivity index (χ0n) is 11.7. The summed E-state index contributed by atoms with van der Waals surface area (Å²) < 4.78 is 0. The molecule has 0 bridgehead atoms. The van der Waals surface area contributed by atoms with Crippen LogP contribution in [0.2, 0.25) is 5.02 Å². The van der Waals surface area contributed by atoms with E-state index in [9.17, 15) is 0 Å². The van der Waals surface area contributed by atoms with Crippen LogP contribution >= 0.6 is 23.4 Å². The molecular weight excluding hydrogens is 302 g/mol. The van der Waals surface area contributed by atoms with Gasteiger partial charge >= 0.3 is 0 Å². The standard InChI is InChI=1S/C16H16ClN3S/c1-12-18-16(20(19-12)15-8-3-2-4-9-15)21-11-13-6-5-7-14(17)10-13/h2-10,16H,11H2,1H3,(H,18,19). The van der Waals surface area contributed by atoms with Crippen molar-refractivity contribution in [1.29, 1.82) is 0 Å². The minimum atomic E-state index is 0.0337. The molecule has 1 atom stereocenters. The molecule has 2 aromatic carbocycles. The van der Waals surface area contributed by atoms with Crippen molar-refractivity contribution < 1.29 is 0 Å². The fraction of sp³-hybridized carbons (Fsp3) is 0.188. The molecule has 0 spiro atoms. The molecule has 1 heterocycles. The van der Waals surface area contributed by atoms with E-state index in [0.717, 1.165) is 22.3 Å². The first kappa shape index (κ1) is 14.3. The van der Waals surface area contributed by atoms with Crippen molar-refractivity contribution in [3.05, 3.63) is 65.2 Å². The normalized spacial score (nSPS) is 17.5. The first-order chi connectivity index (χ1) is 10.2. The van der Waals surface area contributed by atoms with Gasteiger partial charge < -0.3 is 0 Å². The van der Waals surface area contributed by atoms with Gasteiger partial charge in [-0.1, -0.05) is 41.9 Å². The van der Waals surface area contributed by atoms with Gasteiger partial charge in [0.05, 0.1) is 5.69 Å². The van der Waals surface area contributed by atoms with Crippen LogP contribution in [0.1, 0.15) is 12.5 Å². The van der Waals surface area contributed by atoms with Gasteiger partial charge in [-0.25, -0.2) is 4.99 Å². The van der Waals surface area contributed by atoms with E-state index in [1.807, 2.05) is 43.3 Å². The third-order valence-corrected chi connectivity index (χ3v) is 4.48. The minimum Gasteiger partial charge on any atom is -0.283 e. The molecule has 0 aromatic heterocycles. The molecule has 0 aliphatic carbocycles. The highest BCUT2D eigenvalue weighted by Gasteiger charge is 2.24. The SMILES string of the molecule is CC1=NC(SCc2cccc(Cl)c2)N(c2ccccc2)N1. The van der Waals surface area contributed by atoms with Crippen molar-refractivity contribution in [2.45, 2.75) is 18.2 Å². The molecule has 5 heteroatoms. The molecule has 1 aliphatic rings. The highest BCUT2D eigenvalue weighted by molar-refractivity contribution is 7.99. The molecule has 1 aliphatic heterocycles. The number of para-hydroxylation sites is 1. The summed E-state index contributed by atoms with van der Waals surface area (Å²) in [5.74, 6) is 1.80. The number of amidine groups is 1. The Balaban J connectivity index is 1.71. The minimum absolute atomic E-state index is 0.0337. The zero-order chi connectivity index (χ0) is 14.7. The summed E-state index contributed by atoms with van der Waals surface area (Å²) in [5, 5.41) is 2.86. The van der Waals surface area contributed by atoms with Crippen LogP contribution in [0.25, 0.3) is 0 Å². The van der Waals surface area contributed by atoms with E-state index in [1.54, 1.807) is 11.8 Å². The Hall–Kier alpha value is -1.65. The monoisotopic (exact) mass is 317 g/mol. The van der Waals surface area contributed by atoms with Crippen molar-refractivity contribution in [2.75, 3.05) is 5.01 Å². The number of halogens is 1. The molecule has 21 heavy (non-hydrogen) atoms. The lowest BCUT2D eigenvalue weighted by molar-refractivity contribution is 0.799. The average molecular weight is 318 g/mol. The summed E-state index contributed by atoms with van der Waals surface area (Å²) in [6.07, 6.45) is 0. The third kappa shape index (κ3) is 3.52. The van der Waals surface area contributed by atoms with Crippen molar-refractivity contribution in [2.24, 2.45) is 4.99 Å². The van der Waals surface area contributed by atoms with Gasteiger partial charge in [-0.2, -0.15) is 0 Å². The second-order valence-electron chi connectivity index (χ2n) is 4.80. The van der Waals surface area contributed by atoms with Crippen LogP contribution in [-0.4, -0.2) is 11.3 Å². The summed E-state index contributed by atoms with van der Waals surface area (Å²) >= 11 is 7.80. The van der Waals surface area contributed by atoms with Gasteiger partial charge in [0.1, 0.15) is 5.84 Å². The van der Waals surface area contributed by atoms with Crippen molar-refractivity contribution in [3.8, 4) is 0 Å². The third-order valence-electron chi connectivity index (χ3n) is 3.13. The maximum Gasteiger partial charge on any atom is 0.189 e. The molecule has 108 valence electrons. The molecule has 0 amide bonds. The average Bonchev–Trinajstić information content (AvgIpc) is 2.87. The van der Waals surface area contributed by atoms with Crippen LogP contribution in [0, 0.1) is 0 Å². The van der Waals surface area contributed by atoms with Gasteiger partial charge in [0.25, 0.3) is 0 Å². The van der Waals surface area contributed by atoms with E-state index in [2.05, 4.69) is 33.6 Å². The van der Waals surface area contributed by atoms with Crippen LogP contribution in [0.4, 0.5) is 5.69 Å². The predicted octanol–water partition coefficient (Wildman–Crippen LogP) is 4.30. The maximum absolute atomic E-state index is 6.03. The van der Waals surface area contributed by atoms with Crippen molar-refractivity contribution in [3.63, 3.8) is 0 Å². The van der Waals surface area contributed by atoms with Gasteiger partial charge in [-0.15, -0.1) is 11.8 Å². The number of nitrogens with one attached hydrogen (secondary N) is 1. The highest BCUT2D eigenvalue weighted by atomic mass is 35.5. The number of thioether (sulfide) groups is 1. The molecule has 0 saturated carbocycles. The number of nitrogens with zero attached hydrogens (tertiary/aromatic N) is 2. The van der Waals surface area contributed by atoms with Gasteiger partial charge in [0, 0.05) is 10.8 Å². The fourth-order valence-corrected chi connectivity index (χ4v) is 3.46. The molecule has 0 saturated heterocycles. The fourth-order valence-electron chi connectivity index (χ4n) is 2.17. The number of hydrazine groups is 1. The predicted molar refractivity (Wildman–Crippen MR) is 91.7 cm³/mol. The maximum atomic E-state index is 6.03. The molecule has 0 fully saturated rings. The summed E-state index contributed by atoms with van der Waals surface area (Å²) in [6, 6.07) is 18.2. The Morgan fingerprint density at radius 3 is 2.76 bits per heavy atom. The van der Waals surface area contributed by atoms with E-state index in [0.29, 0.717) is 0 Å². The summed E-state index contributed by atoms with van der Waals surface area (Å²) in [7, 11) is 0. The van der Waals surface area contributed by atoms with Gasteiger partial charge in [0.15, 0.2) is 5.50 Å². The zero-order valence-corrected chi connectivity index (χ0v) is 13.2. The molecule has 3 nitrogen and oxygen atoms in total. The van der Waals surface area contributed by atoms with Crippen LogP contribution in [-0.2, 0) is 5.75 Å². The summed E-state index contributed by atoms with van der Waals surface area (Å²) in [6.45, 7) is 1.98. The first-order valence-corrected chi connectivity index (χ1v) is 8.16. The Kier molecular flexibility index (Phi) is 4.36. The van der Waals surface area contributed by atoms with Gasteiger partial charge in [-0.3, -0.25) is 10.4 Å². The quantitative estimate of drug-likeness (QED) is 0.911. The summed E-state index contributed by atoms with van der Waals surface area (Å²) in [4.78, 5) is 4.65. The van der Waals surface area contributed by atoms with Crippen LogP contribution in [0.15, 0.2) is 59.6 Å². The molecule has 3 rings (SSSR count). The first-order valence-electron chi connectivity index (χ1n) is 6.74. The van der Waals surface area contributed by atoms with E-state index < -0.39 is 0 Å². The Morgan fingerprint density at radius 2 is 2.00 bits per heavy atom. The van der Waals surface area contributed by atoms with Crippen LogP contribution in [0.3, 0.4) is 0 Å². The van der Waals surface area contributed by atoms with Gasteiger partial charge in [0.2, 0.25) is 0 Å². The lowest BCUT2D eigenvalue weighted by Gasteiger charge is -2.24. The Bertz CT molecular complexity index is 645. The molecule has 2 aromatic rings. The topological polar surface area (TPSA) is 27.6 Å². The molecular formula is C16H16ClN3S. The smallest absolute Gasteiger partial charge is 0.189 e. The van der Waals surface area contributed by atoms with E-state index in [-0.39, 0.29) is 5.50 Å². The van der Waals surface area contributed by atoms with Crippen LogP contribution < -0.4 is 10.4 Å². The number of hydrogen-bond donors (Lipinski definition) is 1. The van der Waals surface area contributed by atoms with Crippen LogP contribution in [0.5, 0.6) is 0 Å². The second-order valence-corrected chi connectivity index (χ2v) is 6.28. The number of benzene rings is 2. The Labute approximate surface area is 134 Å². The van der Waals surface area contributed by atoms with Crippen molar-refractivity contribution in [1.82, 2.24) is 5.43 Å². The number of anilines is 1. The van der Waals surface area contributed by atoms with Crippen molar-refractivity contribution >= 4 is 34.9 Å². The summed E-state index contributed by atoms with van der Waals surface area (Å²) in [5.41, 5.74) is 5.66. The molecule has 0 radical (unpaired) electrons. The van der Waals surface area contributed by atoms with E-state index in [4.69, 9.17) is 11.6 Å². The lowest BCUT2D eigenvalue weighted by Crippen LogP contribution is -2.39. The number of hydrogen-bond acceptors (Lipinski definition) is 4. The number of rotatable bonds is 4. The van der Waals surface area contributed by atoms with E-state index in [1.165, 1.54) is 5.56 Å². The largest absolute Gasteiger partial charge is 0.283 e.